The Morgan fingerprint density at radius 3 is 2.59 bits per heavy atom. The fraction of sp³-hybridized carbons (Fsp3) is 0.714. The van der Waals surface area contributed by atoms with Gasteiger partial charge in [-0.05, 0) is 31.2 Å². The van der Waals surface area contributed by atoms with E-state index in [-0.39, 0.29) is 6.04 Å². The molecule has 1 atom stereocenters. The summed E-state index contributed by atoms with van der Waals surface area (Å²) in [5.41, 5.74) is 8.55. The van der Waals surface area contributed by atoms with Crippen molar-refractivity contribution in [2.24, 2.45) is 11.7 Å². The van der Waals surface area contributed by atoms with Crippen LogP contribution in [0.25, 0.3) is 0 Å². The van der Waals surface area contributed by atoms with E-state index < -0.39 is 0 Å². The van der Waals surface area contributed by atoms with Crippen LogP contribution in [0.3, 0.4) is 0 Å². The first kappa shape index (κ1) is 12.5. The van der Waals surface area contributed by atoms with Gasteiger partial charge in [0, 0.05) is 17.3 Å². The average Bonchev–Trinajstić information content (AvgIpc) is 3.11. The van der Waals surface area contributed by atoms with Crippen molar-refractivity contribution in [3.05, 3.63) is 23.3 Å². The second-order valence-electron chi connectivity index (χ2n) is 5.44. The Bertz CT molecular complexity index is 383. The fourth-order valence-corrected chi connectivity index (χ4v) is 1.96. The lowest BCUT2D eigenvalue weighted by Crippen LogP contribution is -2.21. The minimum absolute atomic E-state index is 0.0377. The fourth-order valence-electron chi connectivity index (χ4n) is 1.96. The van der Waals surface area contributed by atoms with Gasteiger partial charge in [-0.1, -0.05) is 27.2 Å². The van der Waals surface area contributed by atoms with Crippen molar-refractivity contribution < 1.29 is 0 Å². The summed E-state index contributed by atoms with van der Waals surface area (Å²) in [7, 11) is 0. The van der Waals surface area contributed by atoms with Gasteiger partial charge in [0.15, 0.2) is 0 Å². The van der Waals surface area contributed by atoms with Gasteiger partial charge < -0.3 is 5.73 Å². The van der Waals surface area contributed by atoms with E-state index >= 15 is 0 Å². The lowest BCUT2D eigenvalue weighted by Gasteiger charge is -2.16. The molecule has 94 valence electrons. The highest BCUT2D eigenvalue weighted by molar-refractivity contribution is 5.20. The quantitative estimate of drug-likeness (QED) is 0.850. The van der Waals surface area contributed by atoms with Gasteiger partial charge in [0.1, 0.15) is 5.82 Å². The minimum Gasteiger partial charge on any atom is -0.321 e. The molecule has 0 amide bonds. The van der Waals surface area contributed by atoms with E-state index in [0.717, 1.165) is 24.4 Å². The van der Waals surface area contributed by atoms with Crippen LogP contribution in [0, 0.1) is 5.92 Å². The molecule has 0 aromatic carbocycles. The van der Waals surface area contributed by atoms with E-state index in [1.165, 1.54) is 18.5 Å². The Morgan fingerprint density at radius 1 is 1.35 bits per heavy atom. The summed E-state index contributed by atoms with van der Waals surface area (Å²) in [6.45, 7) is 6.43. The van der Waals surface area contributed by atoms with Gasteiger partial charge >= 0.3 is 0 Å². The van der Waals surface area contributed by atoms with Gasteiger partial charge in [-0.3, -0.25) is 0 Å². The predicted octanol–water partition coefficient (Wildman–Crippen LogP) is 2.96. The summed E-state index contributed by atoms with van der Waals surface area (Å²) < 4.78 is 0. The smallest absolute Gasteiger partial charge is 0.145 e. The molecule has 0 bridgehead atoms. The second-order valence-corrected chi connectivity index (χ2v) is 5.44. The highest BCUT2D eigenvalue weighted by atomic mass is 14.9. The van der Waals surface area contributed by atoms with Crippen molar-refractivity contribution in [2.75, 3.05) is 0 Å². The average molecular weight is 233 g/mol. The molecule has 2 N–H and O–H groups in total. The molecule has 0 aliphatic heterocycles. The van der Waals surface area contributed by atoms with Crippen LogP contribution in [0.4, 0.5) is 0 Å². The number of aryl methyl sites for hydroxylation is 1. The monoisotopic (exact) mass is 233 g/mol. The van der Waals surface area contributed by atoms with Crippen molar-refractivity contribution in [3.63, 3.8) is 0 Å². The van der Waals surface area contributed by atoms with Crippen molar-refractivity contribution in [3.8, 4) is 0 Å². The van der Waals surface area contributed by atoms with E-state index in [9.17, 15) is 0 Å². The predicted molar refractivity (Wildman–Crippen MR) is 69.8 cm³/mol. The van der Waals surface area contributed by atoms with E-state index in [1.54, 1.807) is 0 Å². The molecule has 2 rings (SSSR count). The van der Waals surface area contributed by atoms with Crippen LogP contribution in [0.1, 0.15) is 69.2 Å². The Labute approximate surface area is 104 Å². The normalized spacial score (nSPS) is 17.5. The number of hydrogen-bond acceptors (Lipinski definition) is 3. The summed E-state index contributed by atoms with van der Waals surface area (Å²) in [5, 5.41) is 0. The van der Waals surface area contributed by atoms with Gasteiger partial charge in [0.05, 0.1) is 6.04 Å². The first-order chi connectivity index (χ1) is 8.11. The molecule has 1 saturated carbocycles. The van der Waals surface area contributed by atoms with Gasteiger partial charge in [-0.15, -0.1) is 0 Å². The van der Waals surface area contributed by atoms with Crippen molar-refractivity contribution in [1.82, 2.24) is 9.97 Å². The zero-order chi connectivity index (χ0) is 12.4. The summed E-state index contributed by atoms with van der Waals surface area (Å²) in [6, 6.07) is 2.14. The maximum Gasteiger partial charge on any atom is 0.145 e. The Hall–Kier alpha value is -0.960. The van der Waals surface area contributed by atoms with Gasteiger partial charge in [-0.2, -0.15) is 0 Å². The van der Waals surface area contributed by atoms with E-state index in [1.807, 2.05) is 0 Å². The molecule has 1 aliphatic carbocycles. The van der Waals surface area contributed by atoms with E-state index in [2.05, 4.69) is 36.8 Å². The maximum atomic E-state index is 6.17. The van der Waals surface area contributed by atoms with Crippen LogP contribution in [0.2, 0.25) is 0 Å². The molecule has 1 unspecified atom stereocenters. The summed E-state index contributed by atoms with van der Waals surface area (Å²) in [5.74, 6) is 1.90. The highest BCUT2D eigenvalue weighted by Gasteiger charge is 2.27. The lowest BCUT2D eigenvalue weighted by molar-refractivity contribution is 0.486. The summed E-state index contributed by atoms with van der Waals surface area (Å²) >= 11 is 0. The third-order valence-electron chi connectivity index (χ3n) is 3.33. The molecule has 1 heterocycles. The maximum absolute atomic E-state index is 6.17. The third kappa shape index (κ3) is 3.03. The number of nitrogens with two attached hydrogens (primary N) is 1. The lowest BCUT2D eigenvalue weighted by atomic mass is 10.0. The Balaban J connectivity index is 2.29. The molecule has 0 spiro atoms. The topological polar surface area (TPSA) is 51.8 Å². The van der Waals surface area contributed by atoms with E-state index in [4.69, 9.17) is 5.73 Å². The van der Waals surface area contributed by atoms with Gasteiger partial charge in [0.25, 0.3) is 0 Å². The molecule has 1 aromatic rings. The van der Waals surface area contributed by atoms with Crippen LogP contribution in [0.5, 0.6) is 0 Å². The third-order valence-corrected chi connectivity index (χ3v) is 3.33. The second kappa shape index (κ2) is 5.13. The number of rotatable bonds is 5. The summed E-state index contributed by atoms with van der Waals surface area (Å²) in [6.07, 6.45) is 4.70. The van der Waals surface area contributed by atoms with Crippen molar-refractivity contribution in [2.45, 2.75) is 58.4 Å². The first-order valence-electron chi connectivity index (χ1n) is 6.75. The molecule has 0 radical (unpaired) electrons. The molecule has 3 heteroatoms. The molecule has 1 aromatic heterocycles. The van der Waals surface area contributed by atoms with Crippen LogP contribution >= 0.6 is 0 Å². The summed E-state index contributed by atoms with van der Waals surface area (Å²) in [4.78, 5) is 9.28. The molecular weight excluding hydrogens is 210 g/mol. The zero-order valence-corrected chi connectivity index (χ0v) is 11.1. The van der Waals surface area contributed by atoms with Crippen molar-refractivity contribution in [1.29, 1.82) is 0 Å². The Morgan fingerprint density at radius 2 is 2.06 bits per heavy atom. The number of hydrogen-bond donors (Lipinski definition) is 1. The zero-order valence-electron chi connectivity index (χ0n) is 11.1. The molecular formula is C14H23N3. The molecule has 17 heavy (non-hydrogen) atoms. The van der Waals surface area contributed by atoms with Crippen LogP contribution in [0.15, 0.2) is 6.07 Å². The SMILES string of the molecule is CCCc1cc(C2CC2)nc(C(N)C(C)C)n1. The molecule has 0 saturated heterocycles. The van der Waals surface area contributed by atoms with Crippen molar-refractivity contribution >= 4 is 0 Å². The highest BCUT2D eigenvalue weighted by Crippen LogP contribution is 2.39. The van der Waals surface area contributed by atoms with Gasteiger partial charge in [-0.25, -0.2) is 9.97 Å². The standard InChI is InChI=1S/C14H23N3/c1-4-5-11-8-12(10-6-7-10)17-14(16-11)13(15)9(2)3/h8-10,13H,4-7,15H2,1-3H3. The van der Waals surface area contributed by atoms with Crippen LogP contribution in [-0.4, -0.2) is 9.97 Å². The molecule has 1 aliphatic rings. The Kier molecular flexibility index (Phi) is 3.77. The van der Waals surface area contributed by atoms with Crippen LogP contribution in [-0.2, 0) is 6.42 Å². The van der Waals surface area contributed by atoms with E-state index in [0.29, 0.717) is 11.8 Å². The molecule has 1 fully saturated rings. The minimum atomic E-state index is -0.0377. The van der Waals surface area contributed by atoms with Crippen LogP contribution < -0.4 is 5.73 Å². The van der Waals surface area contributed by atoms with Gasteiger partial charge in [0.2, 0.25) is 0 Å². The molecule has 3 nitrogen and oxygen atoms in total. The number of aromatic nitrogens is 2. The largest absolute Gasteiger partial charge is 0.321 e. The first-order valence-corrected chi connectivity index (χ1v) is 6.75. The number of nitrogens with zero attached hydrogens (tertiary/aromatic N) is 2.